The van der Waals surface area contributed by atoms with Gasteiger partial charge in [-0.15, -0.1) is 0 Å². The van der Waals surface area contributed by atoms with Gasteiger partial charge in [-0.2, -0.15) is 5.10 Å². The van der Waals surface area contributed by atoms with Gasteiger partial charge < -0.3 is 28.4 Å². The van der Waals surface area contributed by atoms with Crippen LogP contribution in [0.15, 0.2) is 73.1 Å². The molecule has 2 fully saturated rings. The van der Waals surface area contributed by atoms with Gasteiger partial charge in [-0.3, -0.25) is 9.58 Å². The summed E-state index contributed by atoms with van der Waals surface area (Å²) in [4.78, 5) is 22.2. The number of methoxy groups -OCH3 is 1. The van der Waals surface area contributed by atoms with Crippen molar-refractivity contribution in [2.45, 2.75) is 44.4 Å². The Morgan fingerprint density at radius 2 is 1.94 bits per heavy atom. The SMILES string of the molecule is COC(=O)c1ccc2nc(CN3CCN(c4cccc5c4OC(C)(c4ccc(Cl)cc4F)O5)[C@H]4COC[C@H]43)n(CCn3cccn3)c2c1. The summed E-state index contributed by atoms with van der Waals surface area (Å²) in [6.45, 7) is 6.16. The maximum Gasteiger partial charge on any atom is 0.337 e. The highest BCUT2D eigenvalue weighted by atomic mass is 35.5. The first-order valence-electron chi connectivity index (χ1n) is 15.9. The van der Waals surface area contributed by atoms with E-state index in [0.29, 0.717) is 61.5 Å². The minimum Gasteiger partial charge on any atom is -0.465 e. The van der Waals surface area contributed by atoms with Crippen LogP contribution in [0.2, 0.25) is 5.02 Å². The number of anilines is 1. The lowest BCUT2D eigenvalue weighted by atomic mass is 10.0. The van der Waals surface area contributed by atoms with Gasteiger partial charge >= 0.3 is 5.97 Å². The van der Waals surface area contributed by atoms with E-state index in [-0.39, 0.29) is 23.6 Å². The van der Waals surface area contributed by atoms with Gasteiger partial charge in [0.1, 0.15) is 11.6 Å². The molecule has 3 aromatic carbocycles. The van der Waals surface area contributed by atoms with Crippen molar-refractivity contribution in [2.24, 2.45) is 0 Å². The number of hydrogen-bond donors (Lipinski definition) is 0. The van der Waals surface area contributed by atoms with E-state index in [1.54, 1.807) is 31.3 Å². The number of hydrogen-bond acceptors (Lipinski definition) is 9. The van der Waals surface area contributed by atoms with Crippen molar-refractivity contribution in [3.8, 4) is 11.5 Å². The molecule has 13 heteroatoms. The van der Waals surface area contributed by atoms with Crippen LogP contribution in [0.25, 0.3) is 11.0 Å². The van der Waals surface area contributed by atoms with Gasteiger partial charge in [0.25, 0.3) is 5.79 Å². The Kier molecular flexibility index (Phi) is 7.73. The first-order valence-corrected chi connectivity index (χ1v) is 16.3. The fourth-order valence-electron chi connectivity index (χ4n) is 7.15. The summed E-state index contributed by atoms with van der Waals surface area (Å²) >= 11 is 6.02. The van der Waals surface area contributed by atoms with Crippen LogP contribution < -0.4 is 14.4 Å². The zero-order valence-corrected chi connectivity index (χ0v) is 27.3. The van der Waals surface area contributed by atoms with Crippen LogP contribution in [0, 0.1) is 5.82 Å². The lowest BCUT2D eigenvalue weighted by Gasteiger charge is -2.44. The molecule has 1 unspecified atom stereocenters. The highest BCUT2D eigenvalue weighted by molar-refractivity contribution is 6.30. The van der Waals surface area contributed by atoms with E-state index in [0.717, 1.165) is 29.1 Å². The molecule has 2 aromatic heterocycles. The minimum atomic E-state index is -1.34. The number of rotatable bonds is 8. The Morgan fingerprint density at radius 1 is 1.06 bits per heavy atom. The summed E-state index contributed by atoms with van der Waals surface area (Å²) in [5.41, 5.74) is 3.32. The third-order valence-corrected chi connectivity index (χ3v) is 9.75. The van der Waals surface area contributed by atoms with E-state index < -0.39 is 11.6 Å². The molecule has 11 nitrogen and oxygen atoms in total. The Morgan fingerprint density at radius 3 is 2.75 bits per heavy atom. The summed E-state index contributed by atoms with van der Waals surface area (Å²) < 4.78 is 42.8. The zero-order valence-electron chi connectivity index (χ0n) is 26.5. The summed E-state index contributed by atoms with van der Waals surface area (Å²) in [6, 6.07) is 17.8. The molecule has 3 atom stereocenters. The molecule has 0 amide bonds. The molecule has 5 heterocycles. The molecule has 0 aliphatic carbocycles. The van der Waals surface area contributed by atoms with E-state index in [2.05, 4.69) is 19.5 Å². The Hall–Kier alpha value is -4.65. The first-order chi connectivity index (χ1) is 23.3. The smallest absolute Gasteiger partial charge is 0.337 e. The van der Waals surface area contributed by atoms with Gasteiger partial charge in [0, 0.05) is 44.0 Å². The summed E-state index contributed by atoms with van der Waals surface area (Å²) in [6.07, 6.45) is 3.69. The van der Waals surface area contributed by atoms with E-state index in [4.69, 9.17) is 35.5 Å². The fourth-order valence-corrected chi connectivity index (χ4v) is 7.31. The molecule has 0 N–H and O–H groups in total. The molecule has 0 spiro atoms. The molecule has 0 radical (unpaired) electrons. The van der Waals surface area contributed by atoms with Crippen LogP contribution in [-0.4, -0.2) is 75.7 Å². The second-order valence-corrected chi connectivity index (χ2v) is 12.8. The van der Waals surface area contributed by atoms with Crippen molar-refractivity contribution in [1.82, 2.24) is 24.2 Å². The number of aryl methyl sites for hydroxylation is 2. The molecule has 3 aliphatic rings. The van der Waals surface area contributed by atoms with Gasteiger partial charge in [-0.25, -0.2) is 14.2 Å². The maximum atomic E-state index is 15.0. The standard InChI is InChI=1S/C35H34ClFN6O5/c1-35(24-9-8-23(36)18-25(24)37)47-31-6-3-5-27(33(31)48-35)42-15-13-40(29-20-46-21-30(29)42)19-32-39-26-10-7-22(34(44)45-2)17-28(26)43(32)16-14-41-12-4-11-38-41/h3-12,17-18,29-30H,13-16,19-21H2,1-2H3/t29-,30+,35?/m1/s1. The monoisotopic (exact) mass is 672 g/mol. The number of carbonyl (C=O) groups excluding carboxylic acids is 1. The van der Waals surface area contributed by atoms with Crippen LogP contribution in [0.4, 0.5) is 10.1 Å². The van der Waals surface area contributed by atoms with Crippen molar-refractivity contribution in [3.05, 3.63) is 101 Å². The van der Waals surface area contributed by atoms with Gasteiger partial charge in [-0.05, 0) is 54.6 Å². The molecule has 2 saturated heterocycles. The number of esters is 1. The number of halogens is 2. The van der Waals surface area contributed by atoms with Crippen LogP contribution in [0.1, 0.15) is 28.7 Å². The van der Waals surface area contributed by atoms with Crippen LogP contribution >= 0.6 is 11.6 Å². The predicted molar refractivity (Wildman–Crippen MR) is 176 cm³/mol. The first kappa shape index (κ1) is 30.7. The number of aromatic nitrogens is 4. The number of benzene rings is 3. The largest absolute Gasteiger partial charge is 0.465 e. The topological polar surface area (TPSA) is 96.1 Å². The van der Waals surface area contributed by atoms with Gasteiger partial charge in [0.05, 0.1) is 73.3 Å². The van der Waals surface area contributed by atoms with Crippen molar-refractivity contribution in [3.63, 3.8) is 0 Å². The predicted octanol–water partition coefficient (Wildman–Crippen LogP) is 5.25. The third-order valence-electron chi connectivity index (χ3n) is 9.51. The highest BCUT2D eigenvalue weighted by Gasteiger charge is 2.46. The Labute approximate surface area is 281 Å². The average Bonchev–Trinajstić information content (AvgIpc) is 3.89. The summed E-state index contributed by atoms with van der Waals surface area (Å²) in [5, 5.41) is 4.68. The molecule has 8 rings (SSSR count). The molecule has 0 bridgehead atoms. The number of para-hydroxylation sites is 1. The van der Waals surface area contributed by atoms with Crippen LogP contribution in [0.3, 0.4) is 0 Å². The summed E-state index contributed by atoms with van der Waals surface area (Å²) in [5.74, 6) is -0.190. The van der Waals surface area contributed by atoms with Gasteiger partial charge in [-0.1, -0.05) is 17.7 Å². The third kappa shape index (κ3) is 5.33. The lowest BCUT2D eigenvalue weighted by molar-refractivity contribution is -0.0705. The highest BCUT2D eigenvalue weighted by Crippen LogP contribution is 2.51. The van der Waals surface area contributed by atoms with Crippen molar-refractivity contribution in [1.29, 1.82) is 0 Å². The number of piperazine rings is 1. The average molecular weight is 673 g/mol. The number of imidazole rings is 1. The quantitative estimate of drug-likeness (QED) is 0.205. The fraction of sp³-hybridized carbons (Fsp3) is 0.343. The molecule has 5 aromatic rings. The number of ether oxygens (including phenoxy) is 4. The summed E-state index contributed by atoms with van der Waals surface area (Å²) in [7, 11) is 1.38. The molecule has 3 aliphatic heterocycles. The van der Waals surface area contributed by atoms with E-state index in [1.807, 2.05) is 47.3 Å². The minimum absolute atomic E-state index is 0.0424. The zero-order chi connectivity index (χ0) is 33.0. The van der Waals surface area contributed by atoms with Crippen LogP contribution in [0.5, 0.6) is 11.5 Å². The van der Waals surface area contributed by atoms with Crippen molar-refractivity contribution in [2.75, 3.05) is 38.3 Å². The molecule has 248 valence electrons. The molecular formula is C35H34ClFN6O5. The number of carbonyl (C=O) groups is 1. The Balaban J connectivity index is 1.07. The van der Waals surface area contributed by atoms with Crippen molar-refractivity contribution < 1.29 is 28.1 Å². The van der Waals surface area contributed by atoms with E-state index in [1.165, 1.54) is 13.2 Å². The molecule has 0 saturated carbocycles. The second kappa shape index (κ2) is 12.1. The number of fused-ring (bicyclic) bond motifs is 3. The maximum absolute atomic E-state index is 15.0. The van der Waals surface area contributed by atoms with Gasteiger partial charge in [0.15, 0.2) is 11.5 Å². The van der Waals surface area contributed by atoms with Crippen LogP contribution in [-0.2, 0) is 34.9 Å². The molecular weight excluding hydrogens is 639 g/mol. The Bertz CT molecular complexity index is 2000. The van der Waals surface area contributed by atoms with Gasteiger partial charge in [0.2, 0.25) is 0 Å². The van der Waals surface area contributed by atoms with Crippen molar-refractivity contribution >= 4 is 34.3 Å². The van der Waals surface area contributed by atoms with E-state index >= 15 is 4.39 Å². The number of nitrogens with zero attached hydrogens (tertiary/aromatic N) is 6. The normalized spacial score (nSPS) is 22.0. The lowest BCUT2D eigenvalue weighted by Crippen LogP contribution is -2.59. The molecule has 48 heavy (non-hydrogen) atoms. The second-order valence-electron chi connectivity index (χ2n) is 12.4. The van der Waals surface area contributed by atoms with E-state index in [9.17, 15) is 4.79 Å².